The zero-order valence-electron chi connectivity index (χ0n) is 11.0. The van der Waals surface area contributed by atoms with E-state index in [1.807, 2.05) is 6.92 Å². The Morgan fingerprint density at radius 2 is 2.05 bits per heavy atom. The first-order chi connectivity index (χ1) is 9.24. The minimum atomic E-state index is 1.06. The molecule has 3 aromatic heterocycles. The van der Waals surface area contributed by atoms with Crippen molar-refractivity contribution < 1.29 is 0 Å². The lowest BCUT2D eigenvalue weighted by molar-refractivity contribution is 0.612. The van der Waals surface area contributed by atoms with E-state index >= 15 is 0 Å². The number of hydrogen-bond donors (Lipinski definition) is 0. The predicted octanol–water partition coefficient (Wildman–Crippen LogP) is 3.07. The van der Waals surface area contributed by atoms with E-state index in [0.717, 1.165) is 34.9 Å². The highest BCUT2D eigenvalue weighted by Crippen LogP contribution is 2.38. The van der Waals surface area contributed by atoms with E-state index < -0.39 is 0 Å². The Hall–Kier alpha value is -1.75. The van der Waals surface area contributed by atoms with Gasteiger partial charge in [0.05, 0.1) is 10.2 Å². The van der Waals surface area contributed by atoms with E-state index in [1.165, 1.54) is 22.1 Å². The smallest absolute Gasteiger partial charge is 0.150 e. The van der Waals surface area contributed by atoms with Crippen LogP contribution in [-0.2, 0) is 0 Å². The van der Waals surface area contributed by atoms with E-state index in [9.17, 15) is 0 Å². The van der Waals surface area contributed by atoms with Crippen LogP contribution in [0.1, 0.15) is 17.7 Å². The molecule has 1 aliphatic heterocycles. The second kappa shape index (κ2) is 3.87. The highest BCUT2D eigenvalue weighted by atomic mass is 32.1. The van der Waals surface area contributed by atoms with Gasteiger partial charge in [0.15, 0.2) is 0 Å². The van der Waals surface area contributed by atoms with Crippen molar-refractivity contribution in [3.63, 3.8) is 0 Å². The normalized spacial score (nSPS) is 15.2. The highest BCUT2D eigenvalue weighted by molar-refractivity contribution is 7.26. The van der Waals surface area contributed by atoms with E-state index in [4.69, 9.17) is 0 Å². The summed E-state index contributed by atoms with van der Waals surface area (Å²) in [5.41, 5.74) is 3.37. The van der Waals surface area contributed by atoms with Crippen molar-refractivity contribution in [3.05, 3.63) is 23.7 Å². The number of aryl methyl sites for hydroxylation is 2. The van der Waals surface area contributed by atoms with Crippen molar-refractivity contribution in [2.24, 2.45) is 0 Å². The average molecular weight is 270 g/mol. The zero-order chi connectivity index (χ0) is 13.0. The molecule has 19 heavy (non-hydrogen) atoms. The molecule has 0 saturated carbocycles. The fraction of sp³-hybridized carbons (Fsp3) is 0.357. The number of aromatic nitrogens is 3. The SMILES string of the molecule is Cc1cc(C)c2c(n1)sc1c(N3CCC3)ncnc12. The minimum absolute atomic E-state index is 1.06. The van der Waals surface area contributed by atoms with Crippen LogP contribution in [0.15, 0.2) is 12.4 Å². The summed E-state index contributed by atoms with van der Waals surface area (Å²) in [6.07, 6.45) is 2.94. The molecule has 1 aliphatic rings. The van der Waals surface area contributed by atoms with Gasteiger partial charge in [-0.05, 0) is 31.9 Å². The number of nitrogens with zero attached hydrogens (tertiary/aromatic N) is 4. The zero-order valence-corrected chi connectivity index (χ0v) is 11.8. The molecule has 5 heteroatoms. The van der Waals surface area contributed by atoms with Crippen molar-refractivity contribution in [1.82, 2.24) is 15.0 Å². The van der Waals surface area contributed by atoms with E-state index in [0.29, 0.717) is 0 Å². The Balaban J connectivity index is 2.10. The van der Waals surface area contributed by atoms with Gasteiger partial charge in [-0.25, -0.2) is 15.0 Å². The van der Waals surface area contributed by atoms with Gasteiger partial charge in [0.1, 0.15) is 17.0 Å². The molecule has 0 unspecified atom stereocenters. The van der Waals surface area contributed by atoms with E-state index in [1.54, 1.807) is 17.7 Å². The summed E-state index contributed by atoms with van der Waals surface area (Å²) in [4.78, 5) is 17.0. The van der Waals surface area contributed by atoms with Crippen LogP contribution in [0.2, 0.25) is 0 Å². The maximum atomic E-state index is 4.65. The molecule has 4 nitrogen and oxygen atoms in total. The van der Waals surface area contributed by atoms with Crippen LogP contribution in [0.3, 0.4) is 0 Å². The van der Waals surface area contributed by atoms with Crippen LogP contribution in [0.4, 0.5) is 5.82 Å². The van der Waals surface area contributed by atoms with Crippen LogP contribution in [0.5, 0.6) is 0 Å². The molecule has 1 fully saturated rings. The van der Waals surface area contributed by atoms with Crippen LogP contribution in [0, 0.1) is 13.8 Å². The monoisotopic (exact) mass is 270 g/mol. The van der Waals surface area contributed by atoms with Crippen molar-refractivity contribution in [2.75, 3.05) is 18.0 Å². The Bertz CT molecular complexity index is 789. The van der Waals surface area contributed by atoms with Crippen LogP contribution < -0.4 is 4.90 Å². The molecule has 0 radical (unpaired) electrons. The van der Waals surface area contributed by atoms with Gasteiger partial charge in [-0.2, -0.15) is 0 Å². The van der Waals surface area contributed by atoms with Gasteiger partial charge in [0.25, 0.3) is 0 Å². The third-order valence-corrected chi connectivity index (χ3v) is 4.76. The Kier molecular flexibility index (Phi) is 2.26. The molecule has 96 valence electrons. The first kappa shape index (κ1) is 11.1. The molecule has 3 aromatic rings. The Morgan fingerprint density at radius 3 is 2.79 bits per heavy atom. The van der Waals surface area contributed by atoms with Crippen LogP contribution in [0.25, 0.3) is 20.4 Å². The van der Waals surface area contributed by atoms with Gasteiger partial charge in [0, 0.05) is 24.2 Å². The third kappa shape index (κ3) is 1.54. The lowest BCUT2D eigenvalue weighted by atomic mass is 10.1. The number of rotatable bonds is 1. The minimum Gasteiger partial charge on any atom is -0.355 e. The second-order valence-electron chi connectivity index (χ2n) is 5.08. The van der Waals surface area contributed by atoms with E-state index in [-0.39, 0.29) is 0 Å². The van der Waals surface area contributed by atoms with Gasteiger partial charge >= 0.3 is 0 Å². The molecule has 4 heterocycles. The maximum absolute atomic E-state index is 4.65. The molecule has 0 N–H and O–H groups in total. The number of pyridine rings is 1. The molecular formula is C14H14N4S. The highest BCUT2D eigenvalue weighted by Gasteiger charge is 2.21. The summed E-state index contributed by atoms with van der Waals surface area (Å²) < 4.78 is 1.18. The quantitative estimate of drug-likeness (QED) is 0.681. The van der Waals surface area contributed by atoms with Crippen molar-refractivity contribution in [2.45, 2.75) is 20.3 Å². The first-order valence-electron chi connectivity index (χ1n) is 6.50. The molecule has 4 rings (SSSR count). The first-order valence-corrected chi connectivity index (χ1v) is 7.32. The Morgan fingerprint density at radius 1 is 1.21 bits per heavy atom. The van der Waals surface area contributed by atoms with Crippen molar-refractivity contribution in [1.29, 1.82) is 0 Å². The molecule has 0 aliphatic carbocycles. The van der Waals surface area contributed by atoms with E-state index in [2.05, 4.69) is 32.8 Å². The van der Waals surface area contributed by atoms with Crippen LogP contribution >= 0.6 is 11.3 Å². The lowest BCUT2D eigenvalue weighted by Crippen LogP contribution is -2.37. The van der Waals surface area contributed by atoms with Gasteiger partial charge in [-0.3, -0.25) is 0 Å². The standard InChI is InChI=1S/C14H14N4S/c1-8-6-9(2)17-14-10(8)11-12(19-14)13(16-7-15-11)18-4-3-5-18/h6-7H,3-5H2,1-2H3. The number of anilines is 1. The Labute approximate surface area is 115 Å². The fourth-order valence-corrected chi connectivity index (χ4v) is 3.92. The summed E-state index contributed by atoms with van der Waals surface area (Å²) in [6, 6.07) is 2.12. The summed E-state index contributed by atoms with van der Waals surface area (Å²) in [5.74, 6) is 1.08. The second-order valence-corrected chi connectivity index (χ2v) is 6.08. The lowest BCUT2D eigenvalue weighted by Gasteiger charge is -2.31. The summed E-state index contributed by atoms with van der Waals surface area (Å²) in [5, 5.41) is 1.19. The molecule has 0 atom stereocenters. The fourth-order valence-electron chi connectivity index (χ4n) is 2.65. The maximum Gasteiger partial charge on any atom is 0.150 e. The largest absolute Gasteiger partial charge is 0.355 e. The molecular weight excluding hydrogens is 256 g/mol. The van der Waals surface area contributed by atoms with Crippen LogP contribution in [-0.4, -0.2) is 28.0 Å². The number of fused-ring (bicyclic) bond motifs is 3. The van der Waals surface area contributed by atoms with Gasteiger partial charge in [-0.1, -0.05) is 0 Å². The average Bonchev–Trinajstić information content (AvgIpc) is 2.65. The van der Waals surface area contributed by atoms with Gasteiger partial charge in [-0.15, -0.1) is 11.3 Å². The predicted molar refractivity (Wildman–Crippen MR) is 79.0 cm³/mol. The topological polar surface area (TPSA) is 41.9 Å². The molecule has 0 aromatic carbocycles. The van der Waals surface area contributed by atoms with Gasteiger partial charge in [0.2, 0.25) is 0 Å². The molecule has 0 bridgehead atoms. The van der Waals surface area contributed by atoms with Crippen molar-refractivity contribution >= 4 is 37.6 Å². The summed E-state index contributed by atoms with van der Waals surface area (Å²) in [6.45, 7) is 6.38. The van der Waals surface area contributed by atoms with Gasteiger partial charge < -0.3 is 4.90 Å². The number of thiophene rings is 1. The third-order valence-electron chi connectivity index (χ3n) is 3.69. The molecule has 0 spiro atoms. The molecule has 0 amide bonds. The summed E-state index contributed by atoms with van der Waals surface area (Å²) in [7, 11) is 0. The summed E-state index contributed by atoms with van der Waals surface area (Å²) >= 11 is 1.72. The molecule has 1 saturated heterocycles. The number of hydrogen-bond acceptors (Lipinski definition) is 5. The van der Waals surface area contributed by atoms with Crippen molar-refractivity contribution in [3.8, 4) is 0 Å².